The van der Waals surface area contributed by atoms with Crippen LogP contribution in [0.3, 0.4) is 0 Å². The SMILES string of the molecule is CO[C@@]12[C@H](COC(N)=O)C3=C(C(=O)C(CSC(C)C)C4(OCCO4)C3=O)N1C[C@H]1[C@@H]2N1C(C)=O. The first-order chi connectivity index (χ1) is 16.1. The Bertz CT molecular complexity index is 993. The van der Waals surface area contributed by atoms with E-state index < -0.39 is 41.3 Å². The van der Waals surface area contributed by atoms with Crippen molar-refractivity contribution < 1.29 is 38.1 Å². The van der Waals surface area contributed by atoms with Gasteiger partial charge in [-0.05, 0) is 5.25 Å². The summed E-state index contributed by atoms with van der Waals surface area (Å²) < 4.78 is 23.0. The van der Waals surface area contributed by atoms with Gasteiger partial charge >= 0.3 is 6.09 Å². The van der Waals surface area contributed by atoms with Crippen molar-refractivity contribution in [2.24, 2.45) is 17.6 Å². The van der Waals surface area contributed by atoms with Crippen LogP contribution in [0.25, 0.3) is 0 Å². The minimum Gasteiger partial charge on any atom is -0.449 e. The highest BCUT2D eigenvalue weighted by Crippen LogP contribution is 2.61. The van der Waals surface area contributed by atoms with Crippen LogP contribution in [0.1, 0.15) is 20.8 Å². The summed E-state index contributed by atoms with van der Waals surface area (Å²) in [6, 6.07) is -0.559. The number of nitrogens with zero attached hydrogens (tertiary/aromatic N) is 2. The lowest BCUT2D eigenvalue weighted by molar-refractivity contribution is -0.197. The molecule has 0 bridgehead atoms. The van der Waals surface area contributed by atoms with E-state index in [0.29, 0.717) is 12.3 Å². The number of allylic oxidation sites excluding steroid dienone is 1. The number of nitrogens with two attached hydrogens (primary N) is 1. The fraction of sp³-hybridized carbons (Fsp3) is 0.727. The van der Waals surface area contributed by atoms with E-state index in [0.717, 1.165) is 0 Å². The lowest BCUT2D eigenvalue weighted by atomic mass is 9.76. The Morgan fingerprint density at radius 2 is 1.91 bits per heavy atom. The van der Waals surface area contributed by atoms with Crippen molar-refractivity contribution >= 4 is 35.3 Å². The molecule has 2 N–H and O–H groups in total. The molecule has 4 aliphatic heterocycles. The number of hydrogen-bond acceptors (Lipinski definition) is 10. The van der Waals surface area contributed by atoms with E-state index in [1.54, 1.807) is 21.6 Å². The number of thioether (sulfide) groups is 1. The number of primary amides is 1. The van der Waals surface area contributed by atoms with Gasteiger partial charge in [0.15, 0.2) is 11.5 Å². The lowest BCUT2D eigenvalue weighted by Crippen LogP contribution is -2.56. The average molecular weight is 496 g/mol. The summed E-state index contributed by atoms with van der Waals surface area (Å²) in [5, 5.41) is 0.235. The number of Topliss-reactive ketones (excluding diaryl/α,β-unsaturated/α-hetero) is 2. The van der Waals surface area contributed by atoms with E-state index in [2.05, 4.69) is 0 Å². The molecule has 0 aromatic carbocycles. The predicted octanol–water partition coefficient (Wildman–Crippen LogP) is -0.124. The normalized spacial score (nSPS) is 35.2. The Balaban J connectivity index is 1.62. The smallest absolute Gasteiger partial charge is 0.404 e. The molecule has 5 rings (SSSR count). The van der Waals surface area contributed by atoms with Crippen LogP contribution in [-0.2, 0) is 33.3 Å². The fourth-order valence-corrected chi connectivity index (χ4v) is 7.18. The van der Waals surface area contributed by atoms with Crippen molar-refractivity contribution in [3.63, 3.8) is 0 Å². The minimum atomic E-state index is -1.72. The zero-order chi connectivity index (χ0) is 24.6. The Labute approximate surface area is 201 Å². The van der Waals surface area contributed by atoms with Crippen LogP contribution in [0.2, 0.25) is 0 Å². The molecule has 0 aromatic rings. The molecule has 34 heavy (non-hydrogen) atoms. The maximum Gasteiger partial charge on any atom is 0.404 e. The van der Waals surface area contributed by atoms with E-state index in [1.165, 1.54) is 14.0 Å². The number of fused-ring (bicyclic) bond motifs is 4. The summed E-state index contributed by atoms with van der Waals surface area (Å²) in [4.78, 5) is 55.4. The third-order valence-electron chi connectivity index (χ3n) is 7.48. The van der Waals surface area contributed by atoms with Crippen molar-refractivity contribution in [3.8, 4) is 0 Å². The van der Waals surface area contributed by atoms with Gasteiger partial charge in [-0.25, -0.2) is 4.79 Å². The molecule has 0 aromatic heterocycles. The van der Waals surface area contributed by atoms with Gasteiger partial charge in [-0.1, -0.05) is 13.8 Å². The van der Waals surface area contributed by atoms with Gasteiger partial charge in [0.1, 0.15) is 12.6 Å². The standard InChI is InChI=1S/C22H29N3O8S/c1-10(2)34-9-13-17(27)16-15(19(28)22(13)32-5-6-33-22)12(8-31-20(23)29)21(30-4)18-14(7-24(16)21)25(18)11(3)26/h10,12-14,18H,5-9H2,1-4H3,(H2,23,29)/t12-,13?,14+,18+,21-,25?/m1/s1. The second-order valence-corrected chi connectivity index (χ2v) is 11.1. The first-order valence-corrected chi connectivity index (χ1v) is 12.4. The zero-order valence-corrected chi connectivity index (χ0v) is 20.4. The highest BCUT2D eigenvalue weighted by atomic mass is 32.2. The second-order valence-electron chi connectivity index (χ2n) is 9.44. The number of ketones is 2. The van der Waals surface area contributed by atoms with E-state index in [9.17, 15) is 19.2 Å². The zero-order valence-electron chi connectivity index (χ0n) is 19.6. The van der Waals surface area contributed by atoms with Crippen LogP contribution in [0.4, 0.5) is 4.79 Å². The summed E-state index contributed by atoms with van der Waals surface area (Å²) in [6.45, 7) is 5.93. The number of rotatable bonds is 6. The Morgan fingerprint density at radius 1 is 1.24 bits per heavy atom. The third kappa shape index (κ3) is 2.94. The number of hydrogen-bond donors (Lipinski definition) is 1. The maximum atomic E-state index is 14.1. The first-order valence-electron chi connectivity index (χ1n) is 11.4. The highest BCUT2D eigenvalue weighted by molar-refractivity contribution is 7.99. The van der Waals surface area contributed by atoms with Gasteiger partial charge in [-0.15, -0.1) is 0 Å². The molecular formula is C22H29N3O8S. The van der Waals surface area contributed by atoms with Crippen LogP contribution in [-0.4, -0.2) is 101 Å². The van der Waals surface area contributed by atoms with Gasteiger partial charge in [-0.2, -0.15) is 11.8 Å². The number of ether oxygens (including phenoxy) is 4. The van der Waals surface area contributed by atoms with E-state index in [-0.39, 0.29) is 54.1 Å². The molecule has 1 spiro atoms. The van der Waals surface area contributed by atoms with Crippen LogP contribution < -0.4 is 5.73 Å². The Kier molecular flexibility index (Phi) is 5.51. The molecule has 11 nitrogen and oxygen atoms in total. The summed E-state index contributed by atoms with van der Waals surface area (Å²) in [5.74, 6) is -3.90. The van der Waals surface area contributed by atoms with Crippen LogP contribution >= 0.6 is 11.8 Å². The van der Waals surface area contributed by atoms with Crippen molar-refractivity contribution in [2.45, 2.75) is 49.6 Å². The van der Waals surface area contributed by atoms with Crippen molar-refractivity contribution in [1.29, 1.82) is 0 Å². The lowest BCUT2D eigenvalue weighted by Gasteiger charge is -2.41. The molecular weight excluding hydrogens is 466 g/mol. The fourth-order valence-electron chi connectivity index (χ4n) is 6.23. The molecule has 3 saturated heterocycles. The first kappa shape index (κ1) is 23.6. The highest BCUT2D eigenvalue weighted by Gasteiger charge is 2.79. The summed E-state index contributed by atoms with van der Waals surface area (Å²) in [6.07, 6.45) is -1.01. The number of amides is 2. The quantitative estimate of drug-likeness (QED) is 0.496. The van der Waals surface area contributed by atoms with Crippen molar-refractivity contribution in [2.75, 3.05) is 39.2 Å². The molecule has 1 aliphatic carbocycles. The molecule has 5 atom stereocenters. The van der Waals surface area contributed by atoms with Gasteiger partial charge in [-0.3, -0.25) is 14.4 Å². The summed E-state index contributed by atoms with van der Waals surface area (Å²) in [7, 11) is 1.47. The van der Waals surface area contributed by atoms with Gasteiger partial charge in [0.25, 0.3) is 0 Å². The minimum absolute atomic E-state index is 0.131. The molecule has 186 valence electrons. The Morgan fingerprint density at radius 3 is 2.47 bits per heavy atom. The topological polar surface area (TPSA) is 137 Å². The molecule has 3 fully saturated rings. The van der Waals surface area contributed by atoms with Crippen LogP contribution in [0.15, 0.2) is 11.3 Å². The van der Waals surface area contributed by atoms with E-state index in [4.69, 9.17) is 24.7 Å². The summed E-state index contributed by atoms with van der Waals surface area (Å²) in [5.41, 5.74) is 4.43. The molecule has 0 saturated carbocycles. The number of methoxy groups -OCH3 is 1. The second kappa shape index (κ2) is 7.94. The molecule has 0 radical (unpaired) electrons. The predicted molar refractivity (Wildman–Crippen MR) is 118 cm³/mol. The maximum absolute atomic E-state index is 14.1. The van der Waals surface area contributed by atoms with E-state index in [1.807, 2.05) is 13.8 Å². The third-order valence-corrected chi connectivity index (χ3v) is 8.68. The Hall–Kier alpha value is -2.15. The van der Waals surface area contributed by atoms with Crippen molar-refractivity contribution in [3.05, 3.63) is 11.3 Å². The number of carbonyl (C=O) groups excluding carboxylic acids is 4. The van der Waals surface area contributed by atoms with Gasteiger partial charge in [0.05, 0.1) is 36.8 Å². The largest absolute Gasteiger partial charge is 0.449 e. The number of piperazine rings is 1. The molecule has 4 heterocycles. The van der Waals surface area contributed by atoms with Crippen LogP contribution in [0.5, 0.6) is 0 Å². The van der Waals surface area contributed by atoms with Gasteiger partial charge in [0.2, 0.25) is 17.5 Å². The van der Waals surface area contributed by atoms with Gasteiger partial charge < -0.3 is 34.5 Å². The van der Waals surface area contributed by atoms with Crippen molar-refractivity contribution in [1.82, 2.24) is 9.80 Å². The molecule has 1 unspecified atom stereocenters. The number of carbonyl (C=O) groups is 4. The average Bonchev–Trinajstić information content (AvgIpc) is 3.07. The summed E-state index contributed by atoms with van der Waals surface area (Å²) >= 11 is 1.55. The monoisotopic (exact) mass is 495 g/mol. The van der Waals surface area contributed by atoms with Gasteiger partial charge in [0, 0.05) is 31.9 Å². The van der Waals surface area contributed by atoms with Crippen LogP contribution in [0, 0.1) is 11.8 Å². The molecule has 12 heteroatoms. The molecule has 2 amide bonds. The molecule has 5 aliphatic rings. The van der Waals surface area contributed by atoms with E-state index >= 15 is 0 Å².